The summed E-state index contributed by atoms with van der Waals surface area (Å²) in [6.07, 6.45) is 4.92. The summed E-state index contributed by atoms with van der Waals surface area (Å²) < 4.78 is 13.9. The largest absolute Gasteiger partial charge is 0.271 e. The van der Waals surface area contributed by atoms with Crippen molar-refractivity contribution >= 4 is 15.9 Å². The monoisotopic (exact) mass is 314 g/mol. The van der Waals surface area contributed by atoms with E-state index in [1.54, 1.807) is 0 Å². The second-order valence-electron chi connectivity index (χ2n) is 5.34. The van der Waals surface area contributed by atoms with Gasteiger partial charge in [-0.05, 0) is 42.4 Å². The van der Waals surface area contributed by atoms with E-state index < -0.39 is 0 Å². The van der Waals surface area contributed by atoms with Gasteiger partial charge in [0.2, 0.25) is 0 Å². The second-order valence-corrected chi connectivity index (χ2v) is 6.20. The zero-order valence-electron chi connectivity index (χ0n) is 10.6. The van der Waals surface area contributed by atoms with Crippen molar-refractivity contribution < 1.29 is 4.39 Å². The van der Waals surface area contributed by atoms with Crippen molar-refractivity contribution in [1.82, 2.24) is 5.43 Å². The smallest absolute Gasteiger partial charge is 0.124 e. The van der Waals surface area contributed by atoms with E-state index in [2.05, 4.69) is 28.3 Å². The van der Waals surface area contributed by atoms with E-state index in [4.69, 9.17) is 5.84 Å². The Morgan fingerprint density at radius 2 is 2.22 bits per heavy atom. The molecule has 1 aliphatic carbocycles. The number of hydrogen-bond acceptors (Lipinski definition) is 2. The van der Waals surface area contributed by atoms with Crippen molar-refractivity contribution in [1.29, 1.82) is 0 Å². The SMILES string of the molecule is CC1CCCC(C(NN)c2ccc(F)cc2Br)C1. The van der Waals surface area contributed by atoms with E-state index in [0.717, 1.165) is 16.0 Å². The molecule has 2 rings (SSSR count). The molecule has 0 radical (unpaired) electrons. The van der Waals surface area contributed by atoms with Crippen LogP contribution in [-0.4, -0.2) is 0 Å². The van der Waals surface area contributed by atoms with Crippen LogP contribution in [0.15, 0.2) is 22.7 Å². The van der Waals surface area contributed by atoms with Gasteiger partial charge >= 0.3 is 0 Å². The Balaban J connectivity index is 2.21. The maximum absolute atomic E-state index is 13.1. The molecule has 0 amide bonds. The van der Waals surface area contributed by atoms with Gasteiger partial charge in [0.05, 0.1) is 0 Å². The van der Waals surface area contributed by atoms with Crippen LogP contribution in [0, 0.1) is 17.7 Å². The van der Waals surface area contributed by atoms with Crippen LogP contribution < -0.4 is 11.3 Å². The molecule has 1 aromatic carbocycles. The molecule has 4 heteroatoms. The minimum Gasteiger partial charge on any atom is -0.271 e. The maximum Gasteiger partial charge on any atom is 0.124 e. The third-order valence-corrected chi connectivity index (χ3v) is 4.61. The number of rotatable bonds is 3. The number of hydrazine groups is 1. The van der Waals surface area contributed by atoms with Crippen LogP contribution in [0.1, 0.15) is 44.2 Å². The van der Waals surface area contributed by atoms with Gasteiger partial charge in [-0.1, -0.05) is 41.8 Å². The standard InChI is InChI=1S/C14H20BrFN2/c1-9-3-2-4-10(7-9)14(18-17)12-6-5-11(16)8-13(12)15/h5-6,8-10,14,18H,2-4,7,17H2,1H3. The molecule has 1 saturated carbocycles. The molecule has 0 aliphatic heterocycles. The van der Waals surface area contributed by atoms with Crippen molar-refractivity contribution in [2.75, 3.05) is 0 Å². The fourth-order valence-electron chi connectivity index (χ4n) is 3.02. The lowest BCUT2D eigenvalue weighted by Gasteiger charge is -2.33. The lowest BCUT2D eigenvalue weighted by atomic mass is 9.77. The van der Waals surface area contributed by atoms with Crippen LogP contribution in [0.25, 0.3) is 0 Å². The molecule has 1 aliphatic rings. The summed E-state index contributed by atoms with van der Waals surface area (Å²) in [6, 6.07) is 4.92. The predicted molar refractivity (Wildman–Crippen MR) is 75.3 cm³/mol. The molecule has 2 nitrogen and oxygen atoms in total. The number of nitrogens with two attached hydrogens (primary N) is 1. The summed E-state index contributed by atoms with van der Waals surface area (Å²) in [5, 5.41) is 0. The molecule has 0 spiro atoms. The fraction of sp³-hybridized carbons (Fsp3) is 0.571. The first-order valence-corrected chi connectivity index (χ1v) is 7.32. The van der Waals surface area contributed by atoms with Crippen molar-refractivity contribution in [3.05, 3.63) is 34.1 Å². The Kier molecular flexibility index (Phi) is 4.76. The molecule has 0 bridgehead atoms. The molecule has 100 valence electrons. The second kappa shape index (κ2) is 6.13. The molecular formula is C14H20BrFN2. The first-order chi connectivity index (χ1) is 8.61. The Morgan fingerprint density at radius 1 is 1.44 bits per heavy atom. The summed E-state index contributed by atoms with van der Waals surface area (Å²) in [4.78, 5) is 0. The first-order valence-electron chi connectivity index (χ1n) is 6.53. The van der Waals surface area contributed by atoms with Crippen LogP contribution in [-0.2, 0) is 0 Å². The topological polar surface area (TPSA) is 38.0 Å². The lowest BCUT2D eigenvalue weighted by Crippen LogP contribution is -2.35. The van der Waals surface area contributed by atoms with Crippen LogP contribution >= 0.6 is 15.9 Å². The average molecular weight is 315 g/mol. The van der Waals surface area contributed by atoms with Crippen molar-refractivity contribution in [3.63, 3.8) is 0 Å². The Morgan fingerprint density at radius 3 is 2.83 bits per heavy atom. The van der Waals surface area contributed by atoms with Crippen LogP contribution in [0.2, 0.25) is 0 Å². The van der Waals surface area contributed by atoms with Gasteiger partial charge in [-0.15, -0.1) is 0 Å². The lowest BCUT2D eigenvalue weighted by molar-refractivity contribution is 0.224. The number of hydrogen-bond donors (Lipinski definition) is 2. The van der Waals surface area contributed by atoms with Crippen LogP contribution in [0.3, 0.4) is 0 Å². The van der Waals surface area contributed by atoms with Gasteiger partial charge in [0.1, 0.15) is 5.82 Å². The molecule has 18 heavy (non-hydrogen) atoms. The Labute approximate surface area is 116 Å². The number of halogens is 2. The predicted octanol–water partition coefficient (Wildman–Crippen LogP) is 3.92. The Hall–Kier alpha value is -0.450. The molecular weight excluding hydrogens is 295 g/mol. The molecule has 3 atom stereocenters. The number of nitrogens with one attached hydrogen (secondary N) is 1. The first kappa shape index (κ1) is 14.0. The van der Waals surface area contributed by atoms with E-state index in [1.165, 1.54) is 37.8 Å². The summed E-state index contributed by atoms with van der Waals surface area (Å²) in [6.45, 7) is 2.29. The molecule has 0 saturated heterocycles. The molecule has 0 aromatic heterocycles. The zero-order chi connectivity index (χ0) is 13.1. The highest BCUT2D eigenvalue weighted by atomic mass is 79.9. The van der Waals surface area contributed by atoms with Gasteiger partial charge < -0.3 is 0 Å². The zero-order valence-corrected chi connectivity index (χ0v) is 12.2. The van der Waals surface area contributed by atoms with E-state index in [0.29, 0.717) is 5.92 Å². The highest BCUT2D eigenvalue weighted by molar-refractivity contribution is 9.10. The summed E-state index contributed by atoms with van der Waals surface area (Å²) >= 11 is 3.43. The quantitative estimate of drug-likeness (QED) is 0.655. The van der Waals surface area contributed by atoms with Gasteiger partial charge in [-0.3, -0.25) is 11.3 Å². The highest BCUT2D eigenvalue weighted by Crippen LogP contribution is 2.38. The average Bonchev–Trinajstić information content (AvgIpc) is 2.33. The third-order valence-electron chi connectivity index (χ3n) is 3.93. The highest BCUT2D eigenvalue weighted by Gasteiger charge is 2.28. The normalized spacial score (nSPS) is 26.0. The van der Waals surface area contributed by atoms with Crippen molar-refractivity contribution in [2.24, 2.45) is 17.7 Å². The van der Waals surface area contributed by atoms with E-state index in [-0.39, 0.29) is 11.9 Å². The Bertz CT molecular complexity index is 411. The van der Waals surface area contributed by atoms with Gasteiger partial charge in [0.15, 0.2) is 0 Å². The van der Waals surface area contributed by atoms with Crippen molar-refractivity contribution in [2.45, 2.75) is 38.6 Å². The van der Waals surface area contributed by atoms with Crippen LogP contribution in [0.5, 0.6) is 0 Å². The van der Waals surface area contributed by atoms with Gasteiger partial charge in [-0.25, -0.2) is 4.39 Å². The molecule has 0 heterocycles. The minimum atomic E-state index is -0.224. The van der Waals surface area contributed by atoms with Crippen LogP contribution in [0.4, 0.5) is 4.39 Å². The molecule has 3 unspecified atom stereocenters. The maximum atomic E-state index is 13.1. The summed E-state index contributed by atoms with van der Waals surface area (Å²) in [5.74, 6) is 6.78. The molecule has 3 N–H and O–H groups in total. The minimum absolute atomic E-state index is 0.0997. The summed E-state index contributed by atoms with van der Waals surface area (Å²) in [5.41, 5.74) is 3.97. The van der Waals surface area contributed by atoms with Gasteiger partial charge in [0.25, 0.3) is 0 Å². The van der Waals surface area contributed by atoms with Gasteiger partial charge in [0, 0.05) is 10.5 Å². The number of benzene rings is 1. The van der Waals surface area contributed by atoms with Crippen molar-refractivity contribution in [3.8, 4) is 0 Å². The van der Waals surface area contributed by atoms with E-state index in [9.17, 15) is 4.39 Å². The van der Waals surface area contributed by atoms with E-state index >= 15 is 0 Å². The fourth-order valence-corrected chi connectivity index (χ4v) is 3.61. The van der Waals surface area contributed by atoms with E-state index in [1.807, 2.05) is 6.07 Å². The third kappa shape index (κ3) is 3.11. The summed E-state index contributed by atoms with van der Waals surface area (Å²) in [7, 11) is 0. The van der Waals surface area contributed by atoms with Gasteiger partial charge in [-0.2, -0.15) is 0 Å². The molecule has 1 fully saturated rings. The molecule has 1 aromatic rings.